The fourth-order valence-corrected chi connectivity index (χ4v) is 2.19. The number of nitrogens with one attached hydrogen (secondary N) is 2. The van der Waals surface area contributed by atoms with Crippen molar-refractivity contribution in [1.82, 2.24) is 5.32 Å². The number of hydrogen-bond acceptors (Lipinski definition) is 2. The van der Waals surface area contributed by atoms with Crippen LogP contribution in [0.2, 0.25) is 0 Å². The van der Waals surface area contributed by atoms with Crippen LogP contribution in [0.4, 0.5) is 5.69 Å². The highest BCUT2D eigenvalue weighted by Gasteiger charge is 2.04. The highest BCUT2D eigenvalue weighted by atomic mass is 127. The van der Waals surface area contributed by atoms with E-state index in [-0.39, 0.29) is 6.04 Å². The topological polar surface area (TPSA) is 33.3 Å². The molecule has 0 bridgehead atoms. The van der Waals surface area contributed by atoms with Crippen LogP contribution < -0.4 is 10.6 Å². The number of aryl methyl sites for hydroxylation is 1. The molecule has 0 aliphatic heterocycles. The van der Waals surface area contributed by atoms with E-state index in [1.807, 2.05) is 13.0 Å². The van der Waals surface area contributed by atoms with Crippen molar-refractivity contribution in [3.63, 3.8) is 0 Å². The summed E-state index contributed by atoms with van der Waals surface area (Å²) < 4.78 is 6.26. The van der Waals surface area contributed by atoms with Gasteiger partial charge in [-0.25, -0.2) is 0 Å². The van der Waals surface area contributed by atoms with Crippen molar-refractivity contribution in [2.75, 3.05) is 19.0 Å². The summed E-state index contributed by atoms with van der Waals surface area (Å²) >= 11 is 7.53. The van der Waals surface area contributed by atoms with E-state index in [1.54, 1.807) is 7.11 Å². The van der Waals surface area contributed by atoms with Crippen LogP contribution in [0.3, 0.4) is 0 Å². The molecule has 1 atom stereocenters. The summed E-state index contributed by atoms with van der Waals surface area (Å²) in [7, 11) is 1.68. The van der Waals surface area contributed by atoms with Gasteiger partial charge in [0.1, 0.15) is 0 Å². The van der Waals surface area contributed by atoms with Crippen LogP contribution in [0, 0.1) is 10.5 Å². The van der Waals surface area contributed by atoms with Crippen LogP contribution in [0.15, 0.2) is 18.2 Å². The predicted molar refractivity (Wildman–Crippen MR) is 84.6 cm³/mol. The Balaban J connectivity index is 2.53. The Bertz CT molecular complexity index is 398. The minimum atomic E-state index is 0.199. The van der Waals surface area contributed by atoms with Gasteiger partial charge >= 0.3 is 0 Å². The average Bonchev–Trinajstić information content (AvgIpc) is 2.23. The molecule has 1 aromatic rings. The lowest BCUT2D eigenvalue weighted by molar-refractivity contribution is 0.179. The molecule has 0 heterocycles. The maximum atomic E-state index is 5.22. The molecule has 2 N–H and O–H groups in total. The average molecular weight is 364 g/mol. The smallest absolute Gasteiger partial charge is 0.171 e. The minimum absolute atomic E-state index is 0.199. The van der Waals surface area contributed by atoms with Crippen molar-refractivity contribution in [1.29, 1.82) is 0 Å². The summed E-state index contributed by atoms with van der Waals surface area (Å²) in [5, 5.41) is 6.94. The predicted octanol–water partition coefficient (Wildman–Crippen LogP) is 2.92. The summed E-state index contributed by atoms with van der Waals surface area (Å²) in [6.07, 6.45) is 0. The third kappa shape index (κ3) is 5.18. The van der Waals surface area contributed by atoms with E-state index in [0.29, 0.717) is 11.7 Å². The summed E-state index contributed by atoms with van der Waals surface area (Å²) in [5.74, 6) is 0. The Morgan fingerprint density at radius 1 is 1.53 bits per heavy atom. The number of ether oxygens (including phenoxy) is 1. The zero-order valence-electron chi connectivity index (χ0n) is 10.2. The van der Waals surface area contributed by atoms with Gasteiger partial charge in [0.2, 0.25) is 0 Å². The molecule has 3 nitrogen and oxygen atoms in total. The first-order valence-electron chi connectivity index (χ1n) is 5.35. The number of benzene rings is 1. The molecule has 94 valence electrons. The quantitative estimate of drug-likeness (QED) is 0.636. The van der Waals surface area contributed by atoms with Crippen molar-refractivity contribution < 1.29 is 4.74 Å². The van der Waals surface area contributed by atoms with Gasteiger partial charge in [0.05, 0.1) is 6.61 Å². The fourth-order valence-electron chi connectivity index (χ4n) is 1.35. The van der Waals surface area contributed by atoms with Crippen molar-refractivity contribution >= 4 is 45.6 Å². The van der Waals surface area contributed by atoms with Gasteiger partial charge in [-0.05, 0) is 66.4 Å². The van der Waals surface area contributed by atoms with Gasteiger partial charge in [-0.1, -0.05) is 6.07 Å². The Kier molecular flexibility index (Phi) is 6.15. The normalized spacial score (nSPS) is 12.0. The highest BCUT2D eigenvalue weighted by molar-refractivity contribution is 14.1. The first kappa shape index (κ1) is 14.7. The number of halogens is 1. The summed E-state index contributed by atoms with van der Waals surface area (Å²) in [4.78, 5) is 0. The molecule has 0 aliphatic carbocycles. The molecule has 1 rings (SSSR count). The standard InChI is InChI=1S/C12H17IN2OS/c1-8-4-5-10(6-11(8)13)15-12(17)14-9(2)7-16-3/h4-6,9H,7H2,1-3H3,(H2,14,15,17). The van der Waals surface area contributed by atoms with Crippen molar-refractivity contribution in [3.8, 4) is 0 Å². The van der Waals surface area contributed by atoms with E-state index < -0.39 is 0 Å². The molecule has 0 fully saturated rings. The molecule has 17 heavy (non-hydrogen) atoms. The van der Waals surface area contributed by atoms with E-state index in [0.717, 1.165) is 5.69 Å². The Labute approximate surface area is 121 Å². The molecule has 5 heteroatoms. The van der Waals surface area contributed by atoms with Crippen LogP contribution >= 0.6 is 34.8 Å². The fraction of sp³-hybridized carbons (Fsp3) is 0.417. The SMILES string of the molecule is COCC(C)NC(=S)Nc1ccc(C)c(I)c1. The molecule has 1 unspecified atom stereocenters. The third-order valence-electron chi connectivity index (χ3n) is 2.22. The maximum absolute atomic E-state index is 5.22. The Morgan fingerprint density at radius 2 is 2.24 bits per heavy atom. The van der Waals surface area contributed by atoms with Crippen molar-refractivity contribution in [2.24, 2.45) is 0 Å². The van der Waals surface area contributed by atoms with Gasteiger partial charge < -0.3 is 15.4 Å². The Morgan fingerprint density at radius 3 is 2.82 bits per heavy atom. The van der Waals surface area contributed by atoms with Gasteiger partial charge in [-0.2, -0.15) is 0 Å². The van der Waals surface area contributed by atoms with Crippen LogP contribution in [-0.2, 0) is 4.74 Å². The molecule has 0 aliphatic rings. The van der Waals surface area contributed by atoms with E-state index in [1.165, 1.54) is 9.13 Å². The van der Waals surface area contributed by atoms with Gasteiger partial charge in [-0.15, -0.1) is 0 Å². The van der Waals surface area contributed by atoms with E-state index in [4.69, 9.17) is 17.0 Å². The van der Waals surface area contributed by atoms with Crippen LogP contribution in [-0.4, -0.2) is 24.9 Å². The lowest BCUT2D eigenvalue weighted by atomic mass is 10.2. The van der Waals surface area contributed by atoms with Crippen LogP contribution in [0.25, 0.3) is 0 Å². The van der Waals surface area contributed by atoms with Gasteiger partial charge in [0.15, 0.2) is 5.11 Å². The minimum Gasteiger partial charge on any atom is -0.383 e. The monoisotopic (exact) mass is 364 g/mol. The number of rotatable bonds is 4. The molecule has 0 aromatic heterocycles. The molecule has 0 saturated heterocycles. The lowest BCUT2D eigenvalue weighted by Gasteiger charge is -2.16. The molecule has 0 radical (unpaired) electrons. The van der Waals surface area contributed by atoms with Crippen LogP contribution in [0.5, 0.6) is 0 Å². The largest absolute Gasteiger partial charge is 0.383 e. The highest BCUT2D eigenvalue weighted by Crippen LogP contribution is 2.16. The van der Waals surface area contributed by atoms with E-state index in [2.05, 4.69) is 52.3 Å². The number of anilines is 1. The molecule has 1 aromatic carbocycles. The maximum Gasteiger partial charge on any atom is 0.171 e. The number of hydrogen-bond donors (Lipinski definition) is 2. The Hall–Kier alpha value is -0.400. The summed E-state index contributed by atoms with van der Waals surface area (Å²) in [6, 6.07) is 6.37. The van der Waals surface area contributed by atoms with Gasteiger partial charge in [-0.3, -0.25) is 0 Å². The van der Waals surface area contributed by atoms with Gasteiger partial charge in [0, 0.05) is 22.4 Å². The van der Waals surface area contributed by atoms with Crippen molar-refractivity contribution in [2.45, 2.75) is 19.9 Å². The molecule has 0 saturated carbocycles. The van der Waals surface area contributed by atoms with Gasteiger partial charge in [0.25, 0.3) is 0 Å². The van der Waals surface area contributed by atoms with Crippen molar-refractivity contribution in [3.05, 3.63) is 27.3 Å². The van der Waals surface area contributed by atoms with E-state index in [9.17, 15) is 0 Å². The zero-order valence-corrected chi connectivity index (χ0v) is 13.2. The van der Waals surface area contributed by atoms with E-state index >= 15 is 0 Å². The zero-order chi connectivity index (χ0) is 12.8. The lowest BCUT2D eigenvalue weighted by Crippen LogP contribution is -2.38. The molecular formula is C12H17IN2OS. The summed E-state index contributed by atoms with van der Waals surface area (Å²) in [5.41, 5.74) is 2.27. The molecular weight excluding hydrogens is 347 g/mol. The third-order valence-corrected chi connectivity index (χ3v) is 3.61. The number of methoxy groups -OCH3 is 1. The summed E-state index contributed by atoms with van der Waals surface area (Å²) in [6.45, 7) is 4.74. The second-order valence-electron chi connectivity index (χ2n) is 3.92. The molecule has 0 amide bonds. The second kappa shape index (κ2) is 7.13. The second-order valence-corrected chi connectivity index (χ2v) is 5.49. The van der Waals surface area contributed by atoms with Crippen LogP contribution in [0.1, 0.15) is 12.5 Å². The first-order valence-corrected chi connectivity index (χ1v) is 6.84. The first-order chi connectivity index (χ1) is 8.02. The number of thiocarbonyl (C=S) groups is 1. The molecule has 0 spiro atoms.